The molecule has 3 atom stereocenters. The fourth-order valence-corrected chi connectivity index (χ4v) is 5.34. The molecule has 5 heterocycles. The third-order valence-corrected chi connectivity index (χ3v) is 6.92. The first-order valence-electron chi connectivity index (χ1n) is 10.5. The highest BCUT2D eigenvalue weighted by atomic mass is 32.1. The largest absolute Gasteiger partial charge is 0.442 e. The quantitative estimate of drug-likeness (QED) is 0.693. The van der Waals surface area contributed by atoms with E-state index in [-0.39, 0.29) is 35.8 Å². The fraction of sp³-hybridized carbons (Fsp3) is 0.550. The topological polar surface area (TPSA) is 91.8 Å². The number of halogens is 1. The smallest absolute Gasteiger partial charge is 0.410 e. The van der Waals surface area contributed by atoms with Gasteiger partial charge in [0.25, 0.3) is 5.91 Å². The maximum Gasteiger partial charge on any atom is 0.410 e. The molecule has 3 aliphatic heterocycles. The average Bonchev–Trinajstić information content (AvgIpc) is 3.51. The number of carbonyl (C=O) groups is 2. The number of ether oxygens (including phenoxy) is 1. The molecular formula is C20H23FN6O3S. The van der Waals surface area contributed by atoms with E-state index in [1.807, 2.05) is 0 Å². The first kappa shape index (κ1) is 20.1. The van der Waals surface area contributed by atoms with Crippen LogP contribution in [-0.4, -0.2) is 80.5 Å². The van der Waals surface area contributed by atoms with Gasteiger partial charge in [-0.1, -0.05) is 6.92 Å². The van der Waals surface area contributed by atoms with Crippen molar-refractivity contribution in [2.75, 3.05) is 31.1 Å². The second kappa shape index (κ2) is 8.03. The summed E-state index contributed by atoms with van der Waals surface area (Å²) >= 11 is 1.38. The molecule has 3 aliphatic rings. The number of rotatable bonds is 5. The standard InChI is InChI=1S/C20H23FN6O3S/c1-2-3-17-23-19(31-24-17)26-10-15-16(11-26)30-20(29)27(15)12-5-7-25(9-12)18(28)13-4-6-22-8-14(13)21/h4,6,8,12,15-16H,2-3,5,7,9-11H2,1H3/t12?,15-,16+/m1/s1. The normalized spacial score (nSPS) is 25.3. The first-order valence-corrected chi connectivity index (χ1v) is 11.3. The molecule has 0 spiro atoms. The van der Waals surface area contributed by atoms with Crippen LogP contribution in [0.4, 0.5) is 14.3 Å². The van der Waals surface area contributed by atoms with E-state index in [4.69, 9.17) is 4.74 Å². The highest BCUT2D eigenvalue weighted by molar-refractivity contribution is 7.09. The van der Waals surface area contributed by atoms with Crippen LogP contribution in [0.5, 0.6) is 0 Å². The molecule has 2 amide bonds. The van der Waals surface area contributed by atoms with Crippen LogP contribution in [0.3, 0.4) is 0 Å². The fourth-order valence-electron chi connectivity index (χ4n) is 4.61. The van der Waals surface area contributed by atoms with Gasteiger partial charge in [-0.3, -0.25) is 14.7 Å². The van der Waals surface area contributed by atoms with Crippen LogP contribution in [0.25, 0.3) is 0 Å². The lowest BCUT2D eigenvalue weighted by molar-refractivity contribution is 0.0771. The highest BCUT2D eigenvalue weighted by Crippen LogP contribution is 2.34. The lowest BCUT2D eigenvalue weighted by Gasteiger charge is -2.28. The SMILES string of the molecule is CCCc1nsc(N2C[C@@H]3OC(=O)N(C4CCN(C(=O)c5ccncc5F)C4)[C@@H]3C2)n1. The zero-order valence-electron chi connectivity index (χ0n) is 17.1. The van der Waals surface area contributed by atoms with E-state index >= 15 is 0 Å². The van der Waals surface area contributed by atoms with Gasteiger partial charge in [0.05, 0.1) is 30.4 Å². The molecule has 31 heavy (non-hydrogen) atoms. The Morgan fingerprint density at radius 3 is 3.03 bits per heavy atom. The summed E-state index contributed by atoms with van der Waals surface area (Å²) in [5.74, 6) is -0.166. The van der Waals surface area contributed by atoms with Crippen molar-refractivity contribution in [1.29, 1.82) is 0 Å². The van der Waals surface area contributed by atoms with E-state index in [2.05, 4.69) is 26.2 Å². The molecule has 0 N–H and O–H groups in total. The molecule has 0 aromatic carbocycles. The summed E-state index contributed by atoms with van der Waals surface area (Å²) in [6.45, 7) is 4.13. The summed E-state index contributed by atoms with van der Waals surface area (Å²) in [7, 11) is 0. The van der Waals surface area contributed by atoms with E-state index in [9.17, 15) is 14.0 Å². The minimum absolute atomic E-state index is 0.00344. The van der Waals surface area contributed by atoms with Crippen LogP contribution < -0.4 is 4.90 Å². The second-order valence-corrected chi connectivity index (χ2v) is 8.82. The molecule has 2 aromatic heterocycles. The molecule has 3 fully saturated rings. The molecular weight excluding hydrogens is 423 g/mol. The van der Waals surface area contributed by atoms with Crippen molar-refractivity contribution < 1.29 is 18.7 Å². The maximum absolute atomic E-state index is 14.0. The average molecular weight is 447 g/mol. The number of pyridine rings is 1. The molecule has 164 valence electrons. The first-order chi connectivity index (χ1) is 15.0. The van der Waals surface area contributed by atoms with Crippen molar-refractivity contribution in [3.05, 3.63) is 35.7 Å². The Kier molecular flexibility index (Phi) is 5.20. The maximum atomic E-state index is 14.0. The monoisotopic (exact) mass is 446 g/mol. The van der Waals surface area contributed by atoms with Crippen molar-refractivity contribution in [1.82, 2.24) is 24.1 Å². The van der Waals surface area contributed by atoms with Gasteiger partial charge in [-0.25, -0.2) is 14.2 Å². The number of fused-ring (bicyclic) bond motifs is 1. The van der Waals surface area contributed by atoms with Crippen LogP contribution in [0.1, 0.15) is 35.9 Å². The molecule has 3 saturated heterocycles. The van der Waals surface area contributed by atoms with Gasteiger partial charge in [-0.15, -0.1) is 0 Å². The molecule has 0 aliphatic carbocycles. The van der Waals surface area contributed by atoms with Crippen LogP contribution in [0.2, 0.25) is 0 Å². The minimum Gasteiger partial charge on any atom is -0.442 e. The third kappa shape index (κ3) is 3.60. The number of anilines is 1. The molecule has 0 radical (unpaired) electrons. The molecule has 9 nitrogen and oxygen atoms in total. The van der Waals surface area contributed by atoms with Gasteiger partial charge in [0.15, 0.2) is 5.82 Å². The summed E-state index contributed by atoms with van der Waals surface area (Å²) in [4.78, 5) is 39.1. The van der Waals surface area contributed by atoms with Gasteiger partial charge in [0.2, 0.25) is 5.13 Å². The van der Waals surface area contributed by atoms with Gasteiger partial charge < -0.3 is 14.5 Å². The van der Waals surface area contributed by atoms with E-state index in [0.717, 1.165) is 30.0 Å². The van der Waals surface area contributed by atoms with Crippen molar-refractivity contribution in [3.63, 3.8) is 0 Å². The van der Waals surface area contributed by atoms with E-state index in [1.165, 1.54) is 23.8 Å². The number of likely N-dealkylation sites (tertiary alicyclic amines) is 1. The van der Waals surface area contributed by atoms with Gasteiger partial charge in [-0.05, 0) is 18.9 Å². The Labute approximate surface area is 183 Å². The molecule has 0 saturated carbocycles. The number of aromatic nitrogens is 3. The number of nitrogens with zero attached hydrogens (tertiary/aromatic N) is 6. The van der Waals surface area contributed by atoms with Crippen molar-refractivity contribution in [2.45, 2.75) is 44.4 Å². The van der Waals surface area contributed by atoms with Crippen LogP contribution in [0, 0.1) is 5.82 Å². The molecule has 2 aromatic rings. The Hall–Kier alpha value is -2.82. The number of carbonyl (C=O) groups excluding carboxylic acids is 2. The molecule has 0 bridgehead atoms. The zero-order valence-corrected chi connectivity index (χ0v) is 17.9. The third-order valence-electron chi connectivity index (χ3n) is 6.11. The predicted octanol–water partition coefficient (Wildman–Crippen LogP) is 1.95. The number of hydrogen-bond donors (Lipinski definition) is 0. The number of hydrogen-bond acceptors (Lipinski definition) is 8. The van der Waals surface area contributed by atoms with Gasteiger partial charge in [0.1, 0.15) is 11.9 Å². The molecule has 11 heteroatoms. The van der Waals surface area contributed by atoms with E-state index in [1.54, 1.807) is 9.80 Å². The zero-order chi connectivity index (χ0) is 21.5. The molecule has 1 unspecified atom stereocenters. The summed E-state index contributed by atoms with van der Waals surface area (Å²) in [5, 5.41) is 0.852. The Balaban J connectivity index is 1.27. The highest BCUT2D eigenvalue weighted by Gasteiger charge is 2.52. The van der Waals surface area contributed by atoms with Crippen LogP contribution in [0.15, 0.2) is 18.5 Å². The van der Waals surface area contributed by atoms with E-state index < -0.39 is 5.82 Å². The predicted molar refractivity (Wildman–Crippen MR) is 111 cm³/mol. The minimum atomic E-state index is -0.637. The van der Waals surface area contributed by atoms with Crippen molar-refractivity contribution in [3.8, 4) is 0 Å². The van der Waals surface area contributed by atoms with Gasteiger partial charge in [-0.2, -0.15) is 4.37 Å². The number of aryl methyl sites for hydroxylation is 1. The summed E-state index contributed by atoms with van der Waals surface area (Å²) in [5.41, 5.74) is 0.00344. The number of amides is 2. The Morgan fingerprint density at radius 1 is 1.35 bits per heavy atom. The summed E-state index contributed by atoms with van der Waals surface area (Å²) < 4.78 is 24.0. The molecule has 5 rings (SSSR count). The second-order valence-electron chi connectivity index (χ2n) is 8.09. The van der Waals surface area contributed by atoms with Gasteiger partial charge in [0, 0.05) is 43.8 Å². The van der Waals surface area contributed by atoms with E-state index in [0.29, 0.717) is 32.6 Å². The lowest BCUT2D eigenvalue weighted by Crippen LogP contribution is -2.46. The van der Waals surface area contributed by atoms with Crippen LogP contribution >= 0.6 is 11.5 Å². The van der Waals surface area contributed by atoms with Crippen molar-refractivity contribution >= 4 is 28.7 Å². The Morgan fingerprint density at radius 2 is 2.23 bits per heavy atom. The summed E-state index contributed by atoms with van der Waals surface area (Å²) in [6.07, 6.45) is 4.35. The Bertz CT molecular complexity index is 1000. The van der Waals surface area contributed by atoms with Crippen LogP contribution in [-0.2, 0) is 11.2 Å². The van der Waals surface area contributed by atoms with Crippen molar-refractivity contribution in [2.24, 2.45) is 0 Å². The van der Waals surface area contributed by atoms with Gasteiger partial charge >= 0.3 is 6.09 Å². The lowest BCUT2D eigenvalue weighted by atomic mass is 10.1. The summed E-state index contributed by atoms with van der Waals surface area (Å²) in [6, 6.07) is 1.14.